The normalized spacial score (nSPS) is 11.2. The van der Waals surface area contributed by atoms with Gasteiger partial charge in [-0.2, -0.15) is 0 Å². The fourth-order valence-electron chi connectivity index (χ4n) is 1.55. The molecule has 20 heavy (non-hydrogen) atoms. The molecule has 0 aliphatic heterocycles. The molecule has 1 aromatic rings. The number of carbonyl (C=O) groups excluding carboxylic acids is 1. The molecule has 4 nitrogen and oxygen atoms in total. The average Bonchev–Trinajstić information content (AvgIpc) is 2.44. The smallest absolute Gasteiger partial charge is 0.258 e. The van der Waals surface area contributed by atoms with Crippen molar-refractivity contribution in [2.75, 3.05) is 13.2 Å². The standard InChI is InChI=1S/C14H19BrClNO3/c1-3-14(19,4-2)9-17-13(18)8-20-12-6-5-10(16)7-11(12)15/h5-7,19H,3-4,8-9H2,1-2H3,(H,17,18). The lowest BCUT2D eigenvalue weighted by Crippen LogP contribution is -2.43. The van der Waals surface area contributed by atoms with Crippen molar-refractivity contribution < 1.29 is 14.6 Å². The average molecular weight is 365 g/mol. The van der Waals surface area contributed by atoms with E-state index in [9.17, 15) is 9.90 Å². The lowest BCUT2D eigenvalue weighted by molar-refractivity contribution is -0.124. The second kappa shape index (κ2) is 7.86. The van der Waals surface area contributed by atoms with Crippen LogP contribution in [-0.4, -0.2) is 29.8 Å². The Labute approximate surface area is 132 Å². The van der Waals surface area contributed by atoms with E-state index in [1.165, 1.54) is 0 Å². The quantitative estimate of drug-likeness (QED) is 0.781. The first-order valence-electron chi connectivity index (χ1n) is 6.47. The summed E-state index contributed by atoms with van der Waals surface area (Å²) in [5.41, 5.74) is -0.851. The van der Waals surface area contributed by atoms with Gasteiger partial charge in [0.15, 0.2) is 6.61 Å². The van der Waals surface area contributed by atoms with Gasteiger partial charge in [-0.05, 0) is 47.0 Å². The summed E-state index contributed by atoms with van der Waals surface area (Å²) in [4.78, 5) is 11.7. The monoisotopic (exact) mass is 363 g/mol. The number of amides is 1. The fraction of sp³-hybridized carbons (Fsp3) is 0.500. The molecule has 0 saturated heterocycles. The largest absolute Gasteiger partial charge is 0.483 e. The lowest BCUT2D eigenvalue weighted by atomic mass is 9.98. The van der Waals surface area contributed by atoms with Gasteiger partial charge in [-0.25, -0.2) is 0 Å². The third kappa shape index (κ3) is 5.31. The van der Waals surface area contributed by atoms with Crippen molar-refractivity contribution in [3.05, 3.63) is 27.7 Å². The Hall–Kier alpha value is -0.780. The van der Waals surface area contributed by atoms with Crippen molar-refractivity contribution in [3.63, 3.8) is 0 Å². The van der Waals surface area contributed by atoms with Crippen LogP contribution in [-0.2, 0) is 4.79 Å². The fourth-order valence-corrected chi connectivity index (χ4v) is 2.35. The van der Waals surface area contributed by atoms with Crippen molar-refractivity contribution in [2.45, 2.75) is 32.3 Å². The maximum atomic E-state index is 11.7. The summed E-state index contributed by atoms with van der Waals surface area (Å²) in [5.74, 6) is 0.276. The van der Waals surface area contributed by atoms with Crippen LogP contribution in [0.5, 0.6) is 5.75 Å². The molecule has 0 spiro atoms. The Morgan fingerprint density at radius 1 is 1.45 bits per heavy atom. The van der Waals surface area contributed by atoms with Crippen LogP contribution in [0.1, 0.15) is 26.7 Å². The highest BCUT2D eigenvalue weighted by Crippen LogP contribution is 2.27. The molecule has 1 aromatic carbocycles. The van der Waals surface area contributed by atoms with E-state index in [0.717, 1.165) is 0 Å². The molecular formula is C14H19BrClNO3. The van der Waals surface area contributed by atoms with E-state index in [1.807, 2.05) is 13.8 Å². The van der Waals surface area contributed by atoms with E-state index < -0.39 is 5.60 Å². The number of aliphatic hydroxyl groups is 1. The number of carbonyl (C=O) groups is 1. The first-order chi connectivity index (χ1) is 9.40. The Morgan fingerprint density at radius 2 is 2.10 bits per heavy atom. The third-order valence-electron chi connectivity index (χ3n) is 3.18. The summed E-state index contributed by atoms with van der Waals surface area (Å²) in [5, 5.41) is 13.3. The van der Waals surface area contributed by atoms with Gasteiger partial charge in [-0.3, -0.25) is 4.79 Å². The maximum Gasteiger partial charge on any atom is 0.258 e. The molecule has 0 heterocycles. The summed E-state index contributed by atoms with van der Waals surface area (Å²) in [6.07, 6.45) is 1.18. The van der Waals surface area contributed by atoms with Crippen molar-refractivity contribution in [1.82, 2.24) is 5.32 Å². The molecule has 0 bridgehead atoms. The molecule has 6 heteroatoms. The molecule has 0 fully saturated rings. The summed E-state index contributed by atoms with van der Waals surface area (Å²) in [7, 11) is 0. The SMILES string of the molecule is CCC(O)(CC)CNC(=O)COc1ccc(Cl)cc1Br. The van der Waals surface area contributed by atoms with Crippen LogP contribution in [0.4, 0.5) is 0 Å². The Morgan fingerprint density at radius 3 is 2.65 bits per heavy atom. The predicted octanol–water partition coefficient (Wildman–Crippen LogP) is 3.15. The molecule has 1 rings (SSSR count). The zero-order valence-electron chi connectivity index (χ0n) is 11.6. The van der Waals surface area contributed by atoms with Gasteiger partial charge in [0.25, 0.3) is 5.91 Å². The first-order valence-corrected chi connectivity index (χ1v) is 7.64. The molecule has 0 radical (unpaired) electrons. The highest BCUT2D eigenvalue weighted by Gasteiger charge is 2.22. The molecule has 1 amide bonds. The molecule has 0 saturated carbocycles. The Bertz CT molecular complexity index is 464. The van der Waals surface area contributed by atoms with Crippen LogP contribution in [0, 0.1) is 0 Å². The molecule has 0 unspecified atom stereocenters. The van der Waals surface area contributed by atoms with E-state index in [0.29, 0.717) is 28.1 Å². The second-order valence-corrected chi connectivity index (χ2v) is 5.86. The molecule has 0 aliphatic rings. The highest BCUT2D eigenvalue weighted by atomic mass is 79.9. The lowest BCUT2D eigenvalue weighted by Gasteiger charge is -2.25. The molecule has 2 N–H and O–H groups in total. The van der Waals surface area contributed by atoms with E-state index >= 15 is 0 Å². The molecule has 0 aliphatic carbocycles. The van der Waals surface area contributed by atoms with Gasteiger partial charge < -0.3 is 15.2 Å². The summed E-state index contributed by atoms with van der Waals surface area (Å²) in [6.45, 7) is 3.89. The van der Waals surface area contributed by atoms with Gasteiger partial charge in [0, 0.05) is 11.6 Å². The number of rotatable bonds is 7. The first kappa shape index (κ1) is 17.3. The Balaban J connectivity index is 2.44. The van der Waals surface area contributed by atoms with Crippen LogP contribution in [0.25, 0.3) is 0 Å². The second-order valence-electron chi connectivity index (χ2n) is 4.57. The third-order valence-corrected chi connectivity index (χ3v) is 4.04. The summed E-state index contributed by atoms with van der Waals surface area (Å²) >= 11 is 9.13. The van der Waals surface area contributed by atoms with Gasteiger partial charge in [0.2, 0.25) is 0 Å². The summed E-state index contributed by atoms with van der Waals surface area (Å²) in [6, 6.07) is 5.07. The van der Waals surface area contributed by atoms with Crippen LogP contribution < -0.4 is 10.1 Å². The van der Waals surface area contributed by atoms with Crippen LogP contribution in [0.3, 0.4) is 0 Å². The van der Waals surface area contributed by atoms with Gasteiger partial charge in [-0.15, -0.1) is 0 Å². The van der Waals surface area contributed by atoms with Gasteiger partial charge in [-0.1, -0.05) is 25.4 Å². The van der Waals surface area contributed by atoms with Crippen LogP contribution >= 0.6 is 27.5 Å². The molecular weight excluding hydrogens is 346 g/mol. The van der Waals surface area contributed by atoms with E-state index in [1.54, 1.807) is 18.2 Å². The predicted molar refractivity (Wildman–Crippen MR) is 83.2 cm³/mol. The number of nitrogens with one attached hydrogen (secondary N) is 1. The van der Waals surface area contributed by atoms with Crippen LogP contribution in [0.2, 0.25) is 5.02 Å². The van der Waals surface area contributed by atoms with Crippen molar-refractivity contribution in [2.24, 2.45) is 0 Å². The minimum atomic E-state index is -0.851. The number of benzene rings is 1. The number of hydrogen-bond acceptors (Lipinski definition) is 3. The molecule has 0 aromatic heterocycles. The number of hydrogen-bond donors (Lipinski definition) is 2. The number of ether oxygens (including phenoxy) is 1. The zero-order chi connectivity index (χ0) is 15.2. The van der Waals surface area contributed by atoms with Crippen LogP contribution in [0.15, 0.2) is 22.7 Å². The summed E-state index contributed by atoms with van der Waals surface area (Å²) < 4.78 is 6.08. The van der Waals surface area contributed by atoms with Gasteiger partial charge in [0.1, 0.15) is 5.75 Å². The minimum Gasteiger partial charge on any atom is -0.483 e. The van der Waals surface area contributed by atoms with Crippen molar-refractivity contribution in [3.8, 4) is 5.75 Å². The zero-order valence-corrected chi connectivity index (χ0v) is 13.9. The van der Waals surface area contributed by atoms with Gasteiger partial charge >= 0.3 is 0 Å². The van der Waals surface area contributed by atoms with Crippen molar-refractivity contribution >= 4 is 33.4 Å². The minimum absolute atomic E-state index is 0.107. The molecule has 112 valence electrons. The maximum absolute atomic E-state index is 11.7. The topological polar surface area (TPSA) is 58.6 Å². The van der Waals surface area contributed by atoms with Gasteiger partial charge in [0.05, 0.1) is 10.1 Å². The number of halogens is 2. The highest BCUT2D eigenvalue weighted by molar-refractivity contribution is 9.10. The Kier molecular flexibility index (Phi) is 6.79. The van der Waals surface area contributed by atoms with E-state index in [4.69, 9.17) is 16.3 Å². The van der Waals surface area contributed by atoms with E-state index in [2.05, 4.69) is 21.2 Å². The van der Waals surface area contributed by atoms with E-state index in [-0.39, 0.29) is 19.1 Å². The molecule has 0 atom stereocenters. The van der Waals surface area contributed by atoms with Crippen molar-refractivity contribution in [1.29, 1.82) is 0 Å².